The molecule has 26 N–H and O–H groups in total. The maximum Gasteiger partial charge on any atom is 0.326 e. The van der Waals surface area contributed by atoms with Crippen molar-refractivity contribution < 1.29 is 82.1 Å². The average Bonchev–Trinajstić information content (AvgIpc) is 1.74. The van der Waals surface area contributed by atoms with Crippen molar-refractivity contribution in [1.82, 2.24) is 83.2 Å². The Hall–Kier alpha value is -11.4. The molecule has 4 aliphatic rings. The fourth-order valence-electron chi connectivity index (χ4n) is 14.4. The molecule has 2 aromatic rings. The summed E-state index contributed by atoms with van der Waals surface area (Å²) in [5, 5.41) is 50.0. The van der Waals surface area contributed by atoms with E-state index in [1.807, 2.05) is 6.92 Å². The zero-order valence-corrected chi connectivity index (χ0v) is 69.0. The molecule has 6 rings (SSSR count). The number of amides is 14. The number of hydrogen-bond acceptors (Lipinski definition) is 21. The largest absolute Gasteiger partial charge is 0.480 e. The molecule has 4 fully saturated rings. The Morgan fingerprint density at radius 3 is 1.42 bits per heavy atom. The molecule has 658 valence electrons. The number of hydrogen-bond donors (Lipinski definition) is 21. The second kappa shape index (κ2) is 48.5. The molecule has 1 aromatic heterocycles. The molecule has 0 spiro atoms. The van der Waals surface area contributed by atoms with Gasteiger partial charge in [-0.1, -0.05) is 77.8 Å². The molecule has 5 heterocycles. The van der Waals surface area contributed by atoms with Gasteiger partial charge in [0, 0.05) is 76.2 Å². The number of carboxylic acids is 1. The van der Waals surface area contributed by atoms with E-state index in [9.17, 15) is 82.1 Å². The van der Waals surface area contributed by atoms with E-state index < -0.39 is 180 Å². The Labute approximate surface area is 696 Å². The summed E-state index contributed by atoms with van der Waals surface area (Å²) in [4.78, 5) is 234. The number of aliphatic hydroxyl groups is 1. The number of aromatic nitrogens is 2. The van der Waals surface area contributed by atoms with Gasteiger partial charge in [0.15, 0.2) is 17.9 Å². The second-order valence-corrected chi connectivity index (χ2v) is 31.2. The van der Waals surface area contributed by atoms with Gasteiger partial charge in [0.2, 0.25) is 82.7 Å². The van der Waals surface area contributed by atoms with Crippen molar-refractivity contribution in [2.24, 2.45) is 61.2 Å². The van der Waals surface area contributed by atoms with Crippen LogP contribution in [0.5, 0.6) is 0 Å². The third kappa shape index (κ3) is 30.5. The first kappa shape index (κ1) is 96.4. The van der Waals surface area contributed by atoms with Crippen LogP contribution < -0.4 is 92.9 Å². The first-order valence-electron chi connectivity index (χ1n) is 40.5. The van der Waals surface area contributed by atoms with E-state index in [-0.39, 0.29) is 171 Å². The lowest BCUT2D eigenvalue weighted by Crippen LogP contribution is -2.62. The van der Waals surface area contributed by atoms with Gasteiger partial charge in [0.05, 0.1) is 12.9 Å². The number of carboxylic acid groups (broad SMARTS) is 1. The lowest BCUT2D eigenvalue weighted by atomic mass is 10.0. The topological polar surface area (TPSA) is 660 Å². The van der Waals surface area contributed by atoms with Crippen molar-refractivity contribution in [3.8, 4) is 0 Å². The van der Waals surface area contributed by atoms with Crippen LogP contribution >= 0.6 is 12.6 Å². The third-order valence-corrected chi connectivity index (χ3v) is 21.1. The minimum atomic E-state index is -1.81. The highest BCUT2D eigenvalue weighted by molar-refractivity contribution is 7.80. The lowest BCUT2D eigenvalue weighted by Gasteiger charge is -2.33. The van der Waals surface area contributed by atoms with Gasteiger partial charge in [-0.15, -0.1) is 0 Å². The van der Waals surface area contributed by atoms with Gasteiger partial charge in [-0.25, -0.2) is 9.78 Å². The number of nitrogens with one attached hydrogen (secondary N) is 12. The molecule has 0 aliphatic carbocycles. The zero-order valence-electron chi connectivity index (χ0n) is 68.1. The molecular formula is C76H121N25O17S. The molecule has 0 radical (unpaired) electrons. The number of aliphatic carboxylic acids is 1. The standard InChI is InChI=1S/C76H121N25O17S/c1-6-7-19-49(92-67(111)54(39-119)97-61(105)46(21-12-29-85-75(79)80)89-60(104)45(20-11-28-84-74(77)78)90-62(106)48-26-27-58(103)88-48)70(114)99-31-14-23-55(99)68(112)94-50(34-41(2)3)64(108)93-51(36-44-37-83-40-87-44)65(109)96-53(38-102)66(110)91-47(22-13-30-86-76(81)82)63(107)98-59(42(4)5)72(116)100-32-15-24-56(100)69(113)95-52(35-43-17-9-8-10-18-43)71(115)101-33-16-25-57(101)73(117)118/h8-10,17-18,37,40-42,45-57,59,102,119H,6-7,11-16,19-36,38-39H2,1-5H3,(H,83,87)(H,88,103)(H,89,104)(H,90,106)(H,91,110)(H,92,111)(H,93,108)(H,94,112)(H,95,113)(H,96,109)(H,97,105)(H,98,107)(H,117,118)(H4,77,78,84)(H4,79,80,85)(H4,81,82,86)/t45-,46+,47+,48?,49?,50+,51+,52+,53+,54+,55+,56+,57+,59+/m0/s1. The van der Waals surface area contributed by atoms with E-state index in [0.717, 1.165) is 0 Å². The van der Waals surface area contributed by atoms with E-state index in [4.69, 9.17) is 34.4 Å². The van der Waals surface area contributed by atoms with Gasteiger partial charge in [0.25, 0.3) is 0 Å². The van der Waals surface area contributed by atoms with Gasteiger partial charge < -0.3 is 123 Å². The van der Waals surface area contributed by atoms with Crippen LogP contribution in [-0.2, 0) is 84.8 Å². The number of nitrogens with two attached hydrogens (primary N) is 6. The molecule has 0 saturated carbocycles. The fourth-order valence-corrected chi connectivity index (χ4v) is 14.7. The number of nitrogens with zero attached hydrogens (tertiary/aromatic N) is 7. The molecule has 14 amide bonds. The van der Waals surface area contributed by atoms with Crippen molar-refractivity contribution in [3.05, 3.63) is 54.1 Å². The van der Waals surface area contributed by atoms with E-state index in [1.165, 1.54) is 27.2 Å². The SMILES string of the molecule is CCCCC(NC(=O)[C@@H](CS)NC(=O)[C@@H](CCCN=C(N)N)NC(=O)[C@H](CCCN=C(N)N)NC(=O)C1CCC(=O)N1)C(=O)N1CCC[C@@H]1C(=O)N[C@H](CC(C)C)C(=O)N[C@H](Cc1cnc[nH]1)C(=O)N[C@H](CO)C(=O)N[C@H](CCCN=C(N)N)C(=O)N[C@@H](C(=O)N1CCC[C@@H]1C(=O)N[C@H](Cc1ccccc1)C(=O)N1CCC[C@@H]1C(=O)O)C(C)C. The summed E-state index contributed by atoms with van der Waals surface area (Å²) in [6.45, 7) is 8.01. The average molecular weight is 1690 g/mol. The molecule has 43 heteroatoms. The van der Waals surface area contributed by atoms with Crippen LogP contribution in [0.3, 0.4) is 0 Å². The highest BCUT2D eigenvalue weighted by Gasteiger charge is 2.45. The first-order chi connectivity index (χ1) is 56.6. The Kier molecular flexibility index (Phi) is 39.3. The van der Waals surface area contributed by atoms with Crippen LogP contribution in [0, 0.1) is 11.8 Å². The maximum absolute atomic E-state index is 14.8. The third-order valence-electron chi connectivity index (χ3n) is 20.7. The van der Waals surface area contributed by atoms with Crippen LogP contribution in [0.25, 0.3) is 0 Å². The number of imidazole rings is 1. The Balaban J connectivity index is 1.15. The van der Waals surface area contributed by atoms with Crippen molar-refractivity contribution >= 4 is 119 Å². The second-order valence-electron chi connectivity index (χ2n) is 30.8. The number of aliphatic hydroxyl groups excluding tert-OH is 1. The van der Waals surface area contributed by atoms with Gasteiger partial charge in [-0.3, -0.25) is 82.1 Å². The predicted octanol–water partition coefficient (Wildman–Crippen LogP) is -5.65. The number of H-pyrrole nitrogens is 1. The zero-order chi connectivity index (χ0) is 87.6. The Morgan fingerprint density at radius 1 is 0.513 bits per heavy atom. The number of aromatic amines is 1. The number of rotatable bonds is 48. The lowest BCUT2D eigenvalue weighted by molar-refractivity contribution is -0.150. The summed E-state index contributed by atoms with van der Waals surface area (Å²) in [6, 6.07) is -9.59. The minimum absolute atomic E-state index is 0.00867. The molecule has 2 unspecified atom stereocenters. The predicted molar refractivity (Wildman–Crippen MR) is 439 cm³/mol. The van der Waals surface area contributed by atoms with E-state index >= 15 is 0 Å². The van der Waals surface area contributed by atoms with E-state index in [2.05, 4.69) is 96.1 Å². The quantitative estimate of drug-likeness (QED) is 0.0127. The van der Waals surface area contributed by atoms with Gasteiger partial charge >= 0.3 is 5.97 Å². The maximum atomic E-state index is 14.8. The van der Waals surface area contributed by atoms with Crippen LogP contribution in [0.1, 0.15) is 161 Å². The van der Waals surface area contributed by atoms with Crippen molar-refractivity contribution in [3.63, 3.8) is 0 Å². The van der Waals surface area contributed by atoms with Gasteiger partial charge in [-0.2, -0.15) is 12.6 Å². The van der Waals surface area contributed by atoms with Crippen molar-refractivity contribution in [2.75, 3.05) is 51.6 Å². The van der Waals surface area contributed by atoms with Crippen molar-refractivity contribution in [1.29, 1.82) is 0 Å². The van der Waals surface area contributed by atoms with E-state index in [0.29, 0.717) is 43.4 Å². The van der Waals surface area contributed by atoms with Crippen molar-refractivity contribution in [2.45, 2.75) is 248 Å². The van der Waals surface area contributed by atoms with Gasteiger partial charge in [0.1, 0.15) is 84.6 Å². The molecule has 14 atom stereocenters. The highest BCUT2D eigenvalue weighted by atomic mass is 32.1. The van der Waals surface area contributed by atoms with E-state index in [1.54, 1.807) is 58.0 Å². The summed E-state index contributed by atoms with van der Waals surface area (Å²) in [6.07, 6.45) is 5.52. The molecular weight excluding hydrogens is 1570 g/mol. The highest BCUT2D eigenvalue weighted by Crippen LogP contribution is 2.26. The number of carbonyl (C=O) groups is 15. The number of guanidine groups is 3. The first-order valence-corrected chi connectivity index (χ1v) is 41.1. The molecule has 119 heavy (non-hydrogen) atoms. The number of aliphatic imine (C=N–C) groups is 3. The molecule has 1 aromatic carbocycles. The fraction of sp³-hybridized carbons (Fsp3) is 0.645. The molecule has 4 saturated heterocycles. The number of carbonyl (C=O) groups excluding carboxylic acids is 14. The van der Waals surface area contributed by atoms with Crippen LogP contribution in [0.2, 0.25) is 0 Å². The van der Waals surface area contributed by atoms with Crippen LogP contribution in [0.15, 0.2) is 57.8 Å². The summed E-state index contributed by atoms with van der Waals surface area (Å²) in [5.74, 6) is -13.8. The molecule has 0 bridgehead atoms. The summed E-state index contributed by atoms with van der Waals surface area (Å²) >= 11 is 4.38. The normalized spacial score (nSPS) is 18.8. The monoisotopic (exact) mass is 1690 g/mol. The summed E-state index contributed by atoms with van der Waals surface area (Å²) in [7, 11) is 0. The molecule has 4 aliphatic heterocycles. The van der Waals surface area contributed by atoms with Crippen LogP contribution in [0.4, 0.5) is 0 Å². The number of unbranched alkanes of at least 4 members (excludes halogenated alkanes) is 1. The number of benzene rings is 1. The Bertz CT molecular complexity index is 3900. The van der Waals surface area contributed by atoms with Gasteiger partial charge in [-0.05, 0) is 114 Å². The summed E-state index contributed by atoms with van der Waals surface area (Å²) in [5.41, 5.74) is 34.3. The number of likely N-dealkylation sites (tertiary alicyclic amines) is 3. The number of thiol groups is 1. The summed E-state index contributed by atoms with van der Waals surface area (Å²) < 4.78 is 0. The Morgan fingerprint density at radius 2 is 0.941 bits per heavy atom. The minimum Gasteiger partial charge on any atom is -0.480 e. The molecule has 42 nitrogen and oxygen atoms in total. The van der Waals surface area contributed by atoms with Crippen LogP contribution in [-0.4, -0.2) is 278 Å². The smallest absolute Gasteiger partial charge is 0.326 e.